The molecule has 1 aliphatic carbocycles. The molecule has 6 nitrogen and oxygen atoms in total. The van der Waals surface area contributed by atoms with Gasteiger partial charge in [0.1, 0.15) is 5.75 Å². The van der Waals surface area contributed by atoms with Gasteiger partial charge in [0, 0.05) is 32.1 Å². The molecule has 152 valence electrons. The van der Waals surface area contributed by atoms with Crippen LogP contribution in [0.5, 0.6) is 5.75 Å². The number of rotatable bonds is 6. The number of nitrogens with one attached hydrogen (secondary N) is 1. The SMILES string of the molecule is COc1ccc(C)cc1N1CC(C(=O)N2CCC(NCC3CC3)CC2)CC1=O. The Hall–Kier alpha value is -2.08. The van der Waals surface area contributed by atoms with Gasteiger partial charge in [0.05, 0.1) is 18.7 Å². The largest absolute Gasteiger partial charge is 0.495 e. The van der Waals surface area contributed by atoms with E-state index < -0.39 is 0 Å². The fraction of sp³-hybridized carbons (Fsp3) is 0.636. The first-order valence-corrected chi connectivity index (χ1v) is 10.5. The summed E-state index contributed by atoms with van der Waals surface area (Å²) in [6.45, 7) is 5.15. The Morgan fingerprint density at radius 3 is 2.64 bits per heavy atom. The summed E-state index contributed by atoms with van der Waals surface area (Å²) < 4.78 is 5.43. The summed E-state index contributed by atoms with van der Waals surface area (Å²) in [6, 6.07) is 6.34. The van der Waals surface area contributed by atoms with Crippen molar-refractivity contribution in [2.75, 3.05) is 38.2 Å². The third kappa shape index (κ3) is 4.17. The second-order valence-electron chi connectivity index (χ2n) is 8.53. The standard InChI is InChI=1S/C22H31N3O3/c1-15-3-6-20(28-2)19(11-15)25-14-17(12-21(25)26)22(27)24-9-7-18(8-10-24)23-13-16-4-5-16/h3,6,11,16-18,23H,4-5,7-10,12-14H2,1-2H3. The number of anilines is 1. The van der Waals surface area contributed by atoms with Gasteiger partial charge in [-0.3, -0.25) is 9.59 Å². The lowest BCUT2D eigenvalue weighted by molar-refractivity contribution is -0.136. The van der Waals surface area contributed by atoms with Crippen LogP contribution in [0.1, 0.15) is 37.7 Å². The van der Waals surface area contributed by atoms with E-state index in [4.69, 9.17) is 4.74 Å². The van der Waals surface area contributed by atoms with Crippen LogP contribution in [0.4, 0.5) is 5.69 Å². The Labute approximate surface area is 167 Å². The van der Waals surface area contributed by atoms with Crippen LogP contribution in [0.2, 0.25) is 0 Å². The van der Waals surface area contributed by atoms with Crippen molar-refractivity contribution in [1.82, 2.24) is 10.2 Å². The van der Waals surface area contributed by atoms with Crippen molar-refractivity contribution in [2.24, 2.45) is 11.8 Å². The predicted molar refractivity (Wildman–Crippen MR) is 109 cm³/mol. The zero-order chi connectivity index (χ0) is 19.7. The van der Waals surface area contributed by atoms with Gasteiger partial charge in [0.25, 0.3) is 0 Å². The highest BCUT2D eigenvalue weighted by molar-refractivity contribution is 6.01. The molecule has 1 aromatic carbocycles. The molecule has 3 aliphatic rings. The van der Waals surface area contributed by atoms with Gasteiger partial charge in [0.2, 0.25) is 11.8 Å². The predicted octanol–water partition coefficient (Wildman–Crippen LogP) is 2.35. The number of ether oxygens (including phenoxy) is 1. The minimum absolute atomic E-state index is 0.00300. The summed E-state index contributed by atoms with van der Waals surface area (Å²) in [5.41, 5.74) is 1.84. The molecule has 2 heterocycles. The van der Waals surface area contributed by atoms with Crippen molar-refractivity contribution < 1.29 is 14.3 Å². The highest BCUT2D eigenvalue weighted by Gasteiger charge is 2.39. The molecule has 1 N–H and O–H groups in total. The monoisotopic (exact) mass is 385 g/mol. The van der Waals surface area contributed by atoms with Crippen LogP contribution in [0, 0.1) is 18.8 Å². The molecule has 0 aromatic heterocycles. The molecule has 2 saturated heterocycles. The number of benzene rings is 1. The number of nitrogens with zero attached hydrogens (tertiary/aromatic N) is 2. The Morgan fingerprint density at radius 2 is 1.96 bits per heavy atom. The third-order valence-corrected chi connectivity index (χ3v) is 6.30. The fourth-order valence-electron chi connectivity index (χ4n) is 4.33. The van der Waals surface area contributed by atoms with Crippen molar-refractivity contribution >= 4 is 17.5 Å². The van der Waals surface area contributed by atoms with E-state index in [-0.39, 0.29) is 24.2 Å². The molecule has 0 bridgehead atoms. The molecule has 3 fully saturated rings. The summed E-state index contributed by atoms with van der Waals surface area (Å²) >= 11 is 0. The minimum atomic E-state index is -0.256. The Bertz CT molecular complexity index is 739. The van der Waals surface area contributed by atoms with Crippen molar-refractivity contribution in [1.29, 1.82) is 0 Å². The number of aryl methyl sites for hydroxylation is 1. The fourth-order valence-corrected chi connectivity index (χ4v) is 4.33. The molecule has 1 saturated carbocycles. The lowest BCUT2D eigenvalue weighted by atomic mass is 10.0. The van der Waals surface area contributed by atoms with Crippen LogP contribution >= 0.6 is 0 Å². The lowest BCUT2D eigenvalue weighted by Gasteiger charge is -2.34. The molecule has 0 radical (unpaired) electrons. The summed E-state index contributed by atoms with van der Waals surface area (Å²) in [6.07, 6.45) is 5.03. The Morgan fingerprint density at radius 1 is 1.21 bits per heavy atom. The van der Waals surface area contributed by atoms with Gasteiger partial charge in [-0.25, -0.2) is 0 Å². The zero-order valence-corrected chi connectivity index (χ0v) is 16.9. The van der Waals surface area contributed by atoms with Gasteiger partial charge in [-0.05, 0) is 62.8 Å². The van der Waals surface area contributed by atoms with Gasteiger partial charge < -0.3 is 19.9 Å². The maximum Gasteiger partial charge on any atom is 0.228 e. The first kappa shape index (κ1) is 19.2. The molecule has 1 unspecified atom stereocenters. The summed E-state index contributed by atoms with van der Waals surface area (Å²) in [4.78, 5) is 29.4. The van der Waals surface area contributed by atoms with Crippen LogP contribution in [0.25, 0.3) is 0 Å². The highest BCUT2D eigenvalue weighted by Crippen LogP contribution is 2.34. The molecule has 0 spiro atoms. The molecular weight excluding hydrogens is 354 g/mol. The number of likely N-dealkylation sites (tertiary alicyclic amines) is 1. The second kappa shape index (κ2) is 8.11. The molecule has 28 heavy (non-hydrogen) atoms. The normalized spacial score (nSPS) is 23.4. The van der Waals surface area contributed by atoms with Crippen molar-refractivity contribution in [3.63, 3.8) is 0 Å². The van der Waals surface area contributed by atoms with Crippen LogP contribution in [0.3, 0.4) is 0 Å². The summed E-state index contributed by atoms with van der Waals surface area (Å²) in [5.74, 6) is 1.43. The number of amides is 2. The highest BCUT2D eigenvalue weighted by atomic mass is 16.5. The van der Waals surface area contributed by atoms with Crippen LogP contribution < -0.4 is 15.0 Å². The third-order valence-electron chi connectivity index (χ3n) is 6.30. The Balaban J connectivity index is 1.35. The first-order chi connectivity index (χ1) is 13.5. The van der Waals surface area contributed by atoms with Gasteiger partial charge in [-0.15, -0.1) is 0 Å². The molecular formula is C22H31N3O3. The number of carbonyl (C=O) groups is 2. The van der Waals surface area contributed by atoms with Gasteiger partial charge in [-0.2, -0.15) is 0 Å². The van der Waals surface area contributed by atoms with E-state index in [9.17, 15) is 9.59 Å². The lowest BCUT2D eigenvalue weighted by Crippen LogP contribution is -2.47. The van der Waals surface area contributed by atoms with Gasteiger partial charge >= 0.3 is 0 Å². The smallest absolute Gasteiger partial charge is 0.228 e. The van der Waals surface area contributed by atoms with E-state index in [0.717, 1.165) is 49.6 Å². The maximum absolute atomic E-state index is 13.0. The summed E-state index contributed by atoms with van der Waals surface area (Å²) in [5, 5.41) is 3.65. The second-order valence-corrected chi connectivity index (χ2v) is 8.53. The van der Waals surface area contributed by atoms with Crippen molar-refractivity contribution in [3.8, 4) is 5.75 Å². The van der Waals surface area contributed by atoms with E-state index in [1.807, 2.05) is 30.0 Å². The molecule has 4 rings (SSSR count). The number of methoxy groups -OCH3 is 1. The maximum atomic E-state index is 13.0. The average molecular weight is 386 g/mol. The average Bonchev–Trinajstić information content (AvgIpc) is 3.46. The van der Waals surface area contributed by atoms with Crippen LogP contribution in [-0.2, 0) is 9.59 Å². The topological polar surface area (TPSA) is 61.9 Å². The quantitative estimate of drug-likeness (QED) is 0.817. The van der Waals surface area contributed by atoms with E-state index in [1.165, 1.54) is 12.8 Å². The van der Waals surface area contributed by atoms with E-state index >= 15 is 0 Å². The molecule has 1 aromatic rings. The van der Waals surface area contributed by atoms with E-state index in [1.54, 1.807) is 12.0 Å². The molecule has 1 atom stereocenters. The first-order valence-electron chi connectivity index (χ1n) is 10.5. The zero-order valence-electron chi connectivity index (χ0n) is 16.9. The van der Waals surface area contributed by atoms with Gasteiger partial charge in [0.15, 0.2) is 0 Å². The Kier molecular flexibility index (Phi) is 5.58. The van der Waals surface area contributed by atoms with Crippen molar-refractivity contribution in [2.45, 2.75) is 45.1 Å². The van der Waals surface area contributed by atoms with Crippen LogP contribution in [-0.4, -0.2) is 56.0 Å². The number of piperidine rings is 1. The minimum Gasteiger partial charge on any atom is -0.495 e. The van der Waals surface area contributed by atoms with Gasteiger partial charge in [-0.1, -0.05) is 6.07 Å². The molecule has 2 amide bonds. The number of hydrogen-bond acceptors (Lipinski definition) is 4. The molecule has 6 heteroatoms. The van der Waals surface area contributed by atoms with E-state index in [0.29, 0.717) is 18.3 Å². The summed E-state index contributed by atoms with van der Waals surface area (Å²) in [7, 11) is 1.61. The van der Waals surface area contributed by atoms with Crippen molar-refractivity contribution in [3.05, 3.63) is 23.8 Å². The number of carbonyl (C=O) groups excluding carboxylic acids is 2. The molecule has 2 aliphatic heterocycles. The van der Waals surface area contributed by atoms with Crippen LogP contribution in [0.15, 0.2) is 18.2 Å². The van der Waals surface area contributed by atoms with E-state index in [2.05, 4.69) is 5.32 Å². The number of hydrogen-bond donors (Lipinski definition) is 1.